The number of rotatable bonds is 6. The monoisotopic (exact) mass is 359 g/mol. The predicted molar refractivity (Wildman–Crippen MR) is 87.8 cm³/mol. The van der Waals surface area contributed by atoms with Gasteiger partial charge in [0.15, 0.2) is 0 Å². The zero-order valence-electron chi connectivity index (χ0n) is 15.0. The van der Waals surface area contributed by atoms with Crippen molar-refractivity contribution >= 4 is 11.9 Å². The van der Waals surface area contributed by atoms with E-state index in [1.165, 1.54) is 12.1 Å². The Kier molecular flexibility index (Phi) is 6.62. The lowest BCUT2D eigenvalue weighted by Gasteiger charge is -2.33. The Morgan fingerprint density at radius 3 is 2.00 bits per heavy atom. The van der Waals surface area contributed by atoms with E-state index in [0.29, 0.717) is 5.56 Å². The first kappa shape index (κ1) is 21.0. The number of carbonyl (C=O) groups is 2. The summed E-state index contributed by atoms with van der Waals surface area (Å²) in [6.07, 6.45) is -4.87. The lowest BCUT2D eigenvalue weighted by Crippen LogP contribution is -2.57. The Morgan fingerprint density at radius 1 is 1.08 bits per heavy atom. The molecule has 0 bridgehead atoms. The molecule has 0 fully saturated rings. The van der Waals surface area contributed by atoms with Crippen LogP contribution in [0, 0.1) is 5.92 Å². The maximum Gasteiger partial charge on any atom is 0.416 e. The van der Waals surface area contributed by atoms with Crippen molar-refractivity contribution < 1.29 is 27.5 Å². The molecular weight excluding hydrogens is 335 g/mol. The molecule has 4 nitrogen and oxygen atoms in total. The molecule has 0 radical (unpaired) electrons. The summed E-state index contributed by atoms with van der Waals surface area (Å²) in [5.41, 5.74) is -1.56. The van der Waals surface area contributed by atoms with Gasteiger partial charge in [-0.15, -0.1) is 0 Å². The van der Waals surface area contributed by atoms with Crippen molar-refractivity contribution in [2.75, 3.05) is 0 Å². The van der Waals surface area contributed by atoms with Gasteiger partial charge in [-0.2, -0.15) is 13.2 Å². The minimum atomic E-state index is -4.42. The number of carbonyl (C=O) groups excluding carboxylic acids is 2. The molecule has 0 aliphatic carbocycles. The molecule has 0 saturated heterocycles. The Balaban J connectivity index is 2.83. The van der Waals surface area contributed by atoms with Gasteiger partial charge in [0, 0.05) is 0 Å². The summed E-state index contributed by atoms with van der Waals surface area (Å²) in [6, 6.07) is 4.36. The highest BCUT2D eigenvalue weighted by Crippen LogP contribution is 2.29. The number of amides is 1. The van der Waals surface area contributed by atoms with Gasteiger partial charge < -0.3 is 10.1 Å². The lowest BCUT2D eigenvalue weighted by molar-refractivity contribution is -0.158. The molecule has 1 unspecified atom stereocenters. The fourth-order valence-corrected chi connectivity index (χ4v) is 2.10. The average molecular weight is 359 g/mol. The second-order valence-electron chi connectivity index (χ2n) is 6.73. The topological polar surface area (TPSA) is 55.4 Å². The van der Waals surface area contributed by atoms with E-state index < -0.39 is 29.2 Å². The molecule has 0 aliphatic heterocycles. The van der Waals surface area contributed by atoms with Gasteiger partial charge in [-0.25, -0.2) is 4.79 Å². The van der Waals surface area contributed by atoms with Gasteiger partial charge in [0.1, 0.15) is 5.54 Å². The highest BCUT2D eigenvalue weighted by atomic mass is 19.4. The molecule has 7 heteroatoms. The highest BCUT2D eigenvalue weighted by Gasteiger charge is 2.40. The molecule has 1 atom stereocenters. The Labute approximate surface area is 145 Å². The van der Waals surface area contributed by atoms with Crippen LogP contribution in [0.1, 0.15) is 45.7 Å². The van der Waals surface area contributed by atoms with Crippen LogP contribution in [0.5, 0.6) is 0 Å². The molecule has 0 spiro atoms. The maximum atomic E-state index is 12.6. The molecule has 0 aromatic heterocycles. The number of nitrogens with one attached hydrogen (secondary N) is 1. The summed E-state index contributed by atoms with van der Waals surface area (Å²) in [5.74, 6) is -1.23. The van der Waals surface area contributed by atoms with E-state index in [9.17, 15) is 22.8 Å². The summed E-state index contributed by atoms with van der Waals surface area (Å²) in [5, 5.41) is 2.66. The first-order valence-electron chi connectivity index (χ1n) is 8.04. The molecule has 25 heavy (non-hydrogen) atoms. The Bertz CT molecular complexity index is 609. The molecule has 1 N–H and O–H groups in total. The fraction of sp³-hybridized carbons (Fsp3) is 0.556. The van der Waals surface area contributed by atoms with Crippen LogP contribution in [0.3, 0.4) is 0 Å². The maximum absolute atomic E-state index is 12.6. The van der Waals surface area contributed by atoms with Crippen LogP contribution in [0.25, 0.3) is 0 Å². The van der Waals surface area contributed by atoms with Crippen molar-refractivity contribution in [3.63, 3.8) is 0 Å². The zero-order chi connectivity index (χ0) is 19.4. The van der Waals surface area contributed by atoms with Gasteiger partial charge in [0.05, 0.1) is 18.1 Å². The van der Waals surface area contributed by atoms with Gasteiger partial charge >= 0.3 is 12.1 Å². The smallest absolute Gasteiger partial charge is 0.416 e. The van der Waals surface area contributed by atoms with Gasteiger partial charge in [-0.05, 0) is 44.4 Å². The number of hydrogen-bond donors (Lipinski definition) is 1. The minimum Gasteiger partial charge on any atom is -0.461 e. The third-order valence-corrected chi connectivity index (χ3v) is 3.97. The van der Waals surface area contributed by atoms with Gasteiger partial charge in [-0.3, -0.25) is 4.79 Å². The largest absolute Gasteiger partial charge is 0.461 e. The molecule has 1 aromatic rings. The SMILES string of the molecule is CC(C)OC(=O)C(C)(NC(=O)Cc1ccc(C(F)(F)F)cc1)C(C)C. The average Bonchev–Trinajstić information content (AvgIpc) is 2.45. The van der Waals surface area contributed by atoms with E-state index in [1.807, 2.05) is 0 Å². The summed E-state index contributed by atoms with van der Waals surface area (Å²) in [7, 11) is 0. The number of ether oxygens (including phenoxy) is 1. The molecule has 1 amide bonds. The Morgan fingerprint density at radius 2 is 1.60 bits per heavy atom. The van der Waals surface area contributed by atoms with E-state index in [4.69, 9.17) is 4.74 Å². The standard InChI is InChI=1S/C18H24F3NO3/c1-11(2)17(5,16(24)25-12(3)4)22-15(23)10-13-6-8-14(9-7-13)18(19,20)21/h6-9,11-12H,10H2,1-5H3,(H,22,23). The van der Waals surface area contributed by atoms with Crippen LogP contribution >= 0.6 is 0 Å². The van der Waals surface area contributed by atoms with Crippen LogP contribution in [0.15, 0.2) is 24.3 Å². The second-order valence-corrected chi connectivity index (χ2v) is 6.73. The zero-order valence-corrected chi connectivity index (χ0v) is 15.0. The third-order valence-electron chi connectivity index (χ3n) is 3.97. The van der Waals surface area contributed by atoms with E-state index in [1.54, 1.807) is 34.6 Å². The van der Waals surface area contributed by atoms with Gasteiger partial charge in [0.25, 0.3) is 0 Å². The first-order chi connectivity index (χ1) is 11.4. The summed E-state index contributed by atoms with van der Waals surface area (Å²) in [4.78, 5) is 24.6. The molecule has 0 saturated carbocycles. The van der Waals surface area contributed by atoms with Crippen LogP contribution in [-0.2, 0) is 26.9 Å². The van der Waals surface area contributed by atoms with Crippen molar-refractivity contribution in [3.05, 3.63) is 35.4 Å². The van der Waals surface area contributed by atoms with Crippen molar-refractivity contribution in [2.24, 2.45) is 5.92 Å². The van der Waals surface area contributed by atoms with E-state index >= 15 is 0 Å². The number of hydrogen-bond acceptors (Lipinski definition) is 3. The number of alkyl halides is 3. The second kappa shape index (κ2) is 7.89. The van der Waals surface area contributed by atoms with Crippen molar-refractivity contribution in [3.8, 4) is 0 Å². The van der Waals surface area contributed by atoms with Crippen LogP contribution < -0.4 is 5.32 Å². The van der Waals surface area contributed by atoms with Crippen LogP contribution in [0.4, 0.5) is 13.2 Å². The predicted octanol–water partition coefficient (Wildman–Crippen LogP) is 3.73. The number of benzene rings is 1. The van der Waals surface area contributed by atoms with Gasteiger partial charge in [-0.1, -0.05) is 26.0 Å². The fourth-order valence-electron chi connectivity index (χ4n) is 2.10. The van der Waals surface area contributed by atoms with Crippen LogP contribution in [-0.4, -0.2) is 23.5 Å². The summed E-state index contributed by atoms with van der Waals surface area (Å²) >= 11 is 0. The first-order valence-corrected chi connectivity index (χ1v) is 8.04. The molecule has 0 aliphatic rings. The van der Waals surface area contributed by atoms with Crippen molar-refractivity contribution in [1.82, 2.24) is 5.32 Å². The lowest BCUT2D eigenvalue weighted by atomic mass is 9.88. The van der Waals surface area contributed by atoms with E-state index in [0.717, 1.165) is 12.1 Å². The molecule has 140 valence electrons. The summed E-state index contributed by atoms with van der Waals surface area (Å²) in [6.45, 7) is 8.55. The van der Waals surface area contributed by atoms with Crippen molar-refractivity contribution in [2.45, 2.75) is 58.9 Å². The highest BCUT2D eigenvalue weighted by molar-refractivity contribution is 5.89. The van der Waals surface area contributed by atoms with Crippen LogP contribution in [0.2, 0.25) is 0 Å². The minimum absolute atomic E-state index is 0.130. The molecule has 1 rings (SSSR count). The third kappa shape index (κ3) is 5.76. The normalized spacial score (nSPS) is 14.3. The van der Waals surface area contributed by atoms with Gasteiger partial charge in [0.2, 0.25) is 5.91 Å². The number of esters is 1. The molecular formula is C18H24F3NO3. The summed E-state index contributed by atoms with van der Waals surface area (Å²) < 4.78 is 42.9. The van der Waals surface area contributed by atoms with Crippen molar-refractivity contribution in [1.29, 1.82) is 0 Å². The quantitative estimate of drug-likeness (QED) is 0.788. The number of halogens is 3. The Hall–Kier alpha value is -2.05. The van der Waals surface area contributed by atoms with E-state index in [-0.39, 0.29) is 18.4 Å². The molecule has 0 heterocycles. The molecule has 1 aromatic carbocycles. The van der Waals surface area contributed by atoms with E-state index in [2.05, 4.69) is 5.32 Å².